The van der Waals surface area contributed by atoms with Crippen LogP contribution < -0.4 is 29.0 Å². The van der Waals surface area contributed by atoms with E-state index in [2.05, 4.69) is 14.8 Å². The van der Waals surface area contributed by atoms with Gasteiger partial charge in [-0.3, -0.25) is 4.79 Å². The number of carboxylic acids is 1. The number of benzene rings is 3. The summed E-state index contributed by atoms with van der Waals surface area (Å²) in [5.41, 5.74) is 0.823. The fourth-order valence-electron chi connectivity index (χ4n) is 5.12. The van der Waals surface area contributed by atoms with Gasteiger partial charge in [-0.1, -0.05) is 18.2 Å². The molecule has 1 amide bonds. The van der Waals surface area contributed by atoms with E-state index in [0.717, 1.165) is 11.1 Å². The molecule has 0 saturated heterocycles. The molecular weight excluding hydrogens is 516 g/mol. The van der Waals surface area contributed by atoms with Crippen LogP contribution in [0.2, 0.25) is 0 Å². The van der Waals surface area contributed by atoms with Gasteiger partial charge in [0.25, 0.3) is 0 Å². The SMILES string of the molecule is COc1ccc2c(c1)O[C@@H](c1ccc(C(=O)O)cc1)C[C@H]2NC(=O)C1(C)COc2c1ccc1c2OC(F)(F)O1. The van der Waals surface area contributed by atoms with Gasteiger partial charge >= 0.3 is 12.3 Å². The molecule has 3 aliphatic rings. The number of hydrogen-bond acceptors (Lipinski definition) is 7. The molecule has 11 heteroatoms. The highest BCUT2D eigenvalue weighted by Crippen LogP contribution is 2.54. The number of alkyl halides is 2. The maximum atomic E-state index is 13.8. The maximum Gasteiger partial charge on any atom is 0.586 e. The third kappa shape index (κ3) is 4.14. The first-order valence-electron chi connectivity index (χ1n) is 12.1. The molecule has 3 aromatic rings. The Balaban J connectivity index is 1.30. The summed E-state index contributed by atoms with van der Waals surface area (Å²) in [6.45, 7) is 1.59. The Kier molecular flexibility index (Phi) is 5.56. The van der Waals surface area contributed by atoms with Gasteiger partial charge in [-0.05, 0) is 42.8 Å². The van der Waals surface area contributed by atoms with Crippen LogP contribution in [0, 0.1) is 0 Å². The molecule has 0 radical (unpaired) electrons. The first kappa shape index (κ1) is 24.8. The molecule has 0 saturated carbocycles. The Morgan fingerprint density at radius 3 is 2.51 bits per heavy atom. The molecule has 6 rings (SSSR count). The van der Waals surface area contributed by atoms with Crippen molar-refractivity contribution in [3.8, 4) is 28.7 Å². The molecule has 202 valence electrons. The van der Waals surface area contributed by atoms with Gasteiger partial charge in [-0.15, -0.1) is 8.78 Å². The van der Waals surface area contributed by atoms with Crippen molar-refractivity contribution in [2.75, 3.05) is 13.7 Å². The Morgan fingerprint density at radius 1 is 1.03 bits per heavy atom. The molecule has 0 bridgehead atoms. The molecule has 0 fully saturated rings. The highest BCUT2D eigenvalue weighted by atomic mass is 19.3. The quantitative estimate of drug-likeness (QED) is 0.478. The minimum Gasteiger partial charge on any atom is -0.497 e. The van der Waals surface area contributed by atoms with Gasteiger partial charge in [0.1, 0.15) is 29.6 Å². The summed E-state index contributed by atoms with van der Waals surface area (Å²) < 4.78 is 53.8. The Morgan fingerprint density at radius 2 is 1.79 bits per heavy atom. The van der Waals surface area contributed by atoms with Crippen molar-refractivity contribution in [1.29, 1.82) is 0 Å². The highest BCUT2D eigenvalue weighted by Gasteiger charge is 2.51. The number of halogens is 2. The Labute approximate surface area is 221 Å². The van der Waals surface area contributed by atoms with Crippen LogP contribution in [0.25, 0.3) is 0 Å². The fraction of sp³-hybridized carbons (Fsp3) is 0.286. The standard InChI is InChI=1S/C28H23F2NO8/c1-27(13-36-23-18(27)9-10-20-24(23)39-28(29,30)38-20)26(34)31-19-12-21(14-3-5-15(6-4-14)25(32)33)37-22-11-16(35-2)7-8-17(19)22/h3-11,19,21H,12-13H2,1-2H3,(H,31,34)(H,32,33)/t19-,21-,27?/m1/s1. The molecule has 9 nitrogen and oxygen atoms in total. The lowest BCUT2D eigenvalue weighted by atomic mass is 9.82. The number of hydrogen-bond donors (Lipinski definition) is 2. The predicted molar refractivity (Wildman–Crippen MR) is 131 cm³/mol. The molecule has 1 unspecified atom stereocenters. The molecule has 0 aromatic heterocycles. The number of amides is 1. The van der Waals surface area contributed by atoms with Crippen LogP contribution >= 0.6 is 0 Å². The number of fused-ring (bicyclic) bond motifs is 4. The molecule has 2 N–H and O–H groups in total. The maximum absolute atomic E-state index is 13.8. The zero-order valence-corrected chi connectivity index (χ0v) is 20.8. The number of carbonyl (C=O) groups is 2. The van der Waals surface area contributed by atoms with Gasteiger partial charge in [-0.2, -0.15) is 0 Å². The van der Waals surface area contributed by atoms with E-state index in [4.69, 9.17) is 14.2 Å². The largest absolute Gasteiger partial charge is 0.586 e. The Bertz CT molecular complexity index is 1490. The molecule has 3 atom stereocenters. The average Bonchev–Trinajstić information content (AvgIpc) is 3.44. The summed E-state index contributed by atoms with van der Waals surface area (Å²) >= 11 is 0. The number of carboxylic acid groups (broad SMARTS) is 1. The molecule has 3 aromatic carbocycles. The van der Waals surface area contributed by atoms with Gasteiger partial charge in [0.2, 0.25) is 11.7 Å². The number of rotatable bonds is 5. The van der Waals surface area contributed by atoms with E-state index in [1.807, 2.05) is 6.07 Å². The molecule has 3 heterocycles. The first-order valence-corrected chi connectivity index (χ1v) is 12.1. The third-order valence-electron chi connectivity index (χ3n) is 7.28. The normalized spacial score (nSPS) is 23.6. The molecule has 39 heavy (non-hydrogen) atoms. The third-order valence-corrected chi connectivity index (χ3v) is 7.28. The van der Waals surface area contributed by atoms with Crippen molar-refractivity contribution in [2.24, 2.45) is 0 Å². The van der Waals surface area contributed by atoms with Crippen LogP contribution in [0.1, 0.15) is 52.5 Å². The van der Waals surface area contributed by atoms with Crippen molar-refractivity contribution >= 4 is 11.9 Å². The van der Waals surface area contributed by atoms with Gasteiger partial charge in [-0.25, -0.2) is 4.79 Å². The number of aromatic carboxylic acids is 1. The van der Waals surface area contributed by atoms with E-state index in [1.54, 1.807) is 31.2 Å². The average molecular weight is 539 g/mol. The lowest BCUT2D eigenvalue weighted by molar-refractivity contribution is -0.287. The number of ether oxygens (including phenoxy) is 5. The molecule has 0 spiro atoms. The minimum atomic E-state index is -3.81. The van der Waals surface area contributed by atoms with Crippen molar-refractivity contribution < 1.29 is 47.2 Å². The van der Waals surface area contributed by atoms with E-state index in [0.29, 0.717) is 23.5 Å². The summed E-state index contributed by atoms with van der Waals surface area (Å²) in [5.74, 6) is -0.674. The second-order valence-electron chi connectivity index (χ2n) is 9.76. The van der Waals surface area contributed by atoms with Crippen molar-refractivity contribution in [3.63, 3.8) is 0 Å². The van der Waals surface area contributed by atoms with Crippen LogP contribution in [0.15, 0.2) is 54.6 Å². The van der Waals surface area contributed by atoms with Crippen LogP contribution in [-0.4, -0.2) is 37.0 Å². The molecule has 3 aliphatic heterocycles. The zero-order chi connectivity index (χ0) is 27.5. The van der Waals surface area contributed by atoms with E-state index in [9.17, 15) is 23.5 Å². The van der Waals surface area contributed by atoms with Crippen molar-refractivity contribution in [1.82, 2.24) is 5.32 Å². The fourth-order valence-corrected chi connectivity index (χ4v) is 5.12. The summed E-state index contributed by atoms with van der Waals surface area (Å²) in [5, 5.41) is 12.3. The topological polar surface area (TPSA) is 113 Å². The highest BCUT2D eigenvalue weighted by molar-refractivity contribution is 5.91. The minimum absolute atomic E-state index is 0.0517. The van der Waals surface area contributed by atoms with Gasteiger partial charge < -0.3 is 34.1 Å². The lowest BCUT2D eigenvalue weighted by Crippen LogP contribution is -2.46. The summed E-state index contributed by atoms with van der Waals surface area (Å²) in [6, 6.07) is 14.0. The monoisotopic (exact) mass is 539 g/mol. The van der Waals surface area contributed by atoms with E-state index < -0.39 is 29.8 Å². The number of methoxy groups -OCH3 is 1. The predicted octanol–water partition coefficient (Wildman–Crippen LogP) is 4.75. The van der Waals surface area contributed by atoms with E-state index in [-0.39, 0.29) is 35.3 Å². The van der Waals surface area contributed by atoms with Gasteiger partial charge in [0, 0.05) is 23.6 Å². The first-order chi connectivity index (χ1) is 18.6. The lowest BCUT2D eigenvalue weighted by Gasteiger charge is -2.35. The molecule has 0 aliphatic carbocycles. The van der Waals surface area contributed by atoms with Crippen molar-refractivity contribution in [3.05, 3.63) is 76.9 Å². The number of nitrogens with one attached hydrogen (secondary N) is 1. The van der Waals surface area contributed by atoms with Crippen LogP contribution in [0.4, 0.5) is 8.78 Å². The van der Waals surface area contributed by atoms with Crippen LogP contribution in [0.3, 0.4) is 0 Å². The summed E-state index contributed by atoms with van der Waals surface area (Å²) in [4.78, 5) is 25.1. The van der Waals surface area contributed by atoms with Crippen molar-refractivity contribution in [2.45, 2.75) is 37.2 Å². The van der Waals surface area contributed by atoms with E-state index >= 15 is 0 Å². The molecular formula is C28H23F2NO8. The zero-order valence-electron chi connectivity index (χ0n) is 20.8. The van der Waals surface area contributed by atoms with E-state index in [1.165, 1.54) is 31.4 Å². The smallest absolute Gasteiger partial charge is 0.497 e. The van der Waals surface area contributed by atoms with Crippen LogP contribution in [0.5, 0.6) is 28.7 Å². The summed E-state index contributed by atoms with van der Waals surface area (Å²) in [6.07, 6.45) is -3.95. The summed E-state index contributed by atoms with van der Waals surface area (Å²) in [7, 11) is 1.53. The van der Waals surface area contributed by atoms with Gasteiger partial charge in [0.05, 0.1) is 18.7 Å². The van der Waals surface area contributed by atoms with Crippen LogP contribution in [-0.2, 0) is 10.2 Å². The second kappa shape index (κ2) is 8.75. The second-order valence-corrected chi connectivity index (χ2v) is 9.76. The van der Waals surface area contributed by atoms with Gasteiger partial charge in [0.15, 0.2) is 11.5 Å². The number of carbonyl (C=O) groups excluding carboxylic acids is 1. The Hall–Kier alpha value is -4.54.